The Bertz CT molecular complexity index is 175. The highest BCUT2D eigenvalue weighted by Crippen LogP contribution is 2.19. The van der Waals surface area contributed by atoms with Gasteiger partial charge in [-0.15, -0.1) is 0 Å². The highest BCUT2D eigenvalue weighted by molar-refractivity contribution is 5.77. The van der Waals surface area contributed by atoms with Gasteiger partial charge in [0.15, 0.2) is 0 Å². The van der Waals surface area contributed by atoms with E-state index in [0.29, 0.717) is 6.54 Å². The number of amides is 1. The lowest BCUT2D eigenvalue weighted by atomic mass is 10.1. The lowest BCUT2D eigenvalue weighted by Gasteiger charge is -2.15. The molecular formula is C10H20N2O2. The molecule has 0 aromatic carbocycles. The first-order valence-electron chi connectivity index (χ1n) is 5.43. The maximum atomic E-state index is 11.4. The van der Waals surface area contributed by atoms with E-state index in [9.17, 15) is 4.79 Å². The molecule has 1 saturated carbocycles. The van der Waals surface area contributed by atoms with E-state index < -0.39 is 0 Å². The minimum atomic E-state index is -0.114. The standard InChI is InChI=1S/C10H20N2O2/c1-2-8(7-11)10(13)12-14-9-5-3-4-6-9/h8-9H,2-7,11H2,1H3,(H,12,13). The summed E-state index contributed by atoms with van der Waals surface area (Å²) in [6.45, 7) is 2.34. The summed E-state index contributed by atoms with van der Waals surface area (Å²) >= 11 is 0. The molecule has 0 saturated heterocycles. The van der Waals surface area contributed by atoms with E-state index in [2.05, 4.69) is 5.48 Å². The summed E-state index contributed by atoms with van der Waals surface area (Å²) in [6.07, 6.45) is 5.49. The topological polar surface area (TPSA) is 64.4 Å². The van der Waals surface area contributed by atoms with Crippen molar-refractivity contribution in [1.29, 1.82) is 0 Å². The van der Waals surface area contributed by atoms with Crippen molar-refractivity contribution in [2.75, 3.05) is 6.54 Å². The van der Waals surface area contributed by atoms with Crippen LogP contribution in [0.25, 0.3) is 0 Å². The van der Waals surface area contributed by atoms with E-state index in [4.69, 9.17) is 10.6 Å². The zero-order valence-electron chi connectivity index (χ0n) is 8.79. The zero-order chi connectivity index (χ0) is 10.4. The maximum Gasteiger partial charge on any atom is 0.247 e. The molecular weight excluding hydrogens is 180 g/mol. The Hall–Kier alpha value is -0.610. The Labute approximate surface area is 85.1 Å². The van der Waals surface area contributed by atoms with Crippen LogP contribution in [-0.2, 0) is 9.63 Å². The number of hydrogen-bond acceptors (Lipinski definition) is 3. The normalized spacial score (nSPS) is 19.6. The van der Waals surface area contributed by atoms with Crippen LogP contribution in [0.5, 0.6) is 0 Å². The number of rotatable bonds is 5. The van der Waals surface area contributed by atoms with E-state index in [-0.39, 0.29) is 17.9 Å². The molecule has 0 bridgehead atoms. The maximum absolute atomic E-state index is 11.4. The predicted molar refractivity (Wildman–Crippen MR) is 54.3 cm³/mol. The molecule has 0 aliphatic heterocycles. The molecule has 3 N–H and O–H groups in total. The first-order chi connectivity index (χ1) is 6.77. The van der Waals surface area contributed by atoms with Crippen LogP contribution in [-0.4, -0.2) is 18.6 Å². The molecule has 1 rings (SSSR count). The second-order valence-electron chi connectivity index (χ2n) is 3.83. The lowest BCUT2D eigenvalue weighted by molar-refractivity contribution is -0.142. The van der Waals surface area contributed by atoms with Crippen LogP contribution < -0.4 is 11.2 Å². The summed E-state index contributed by atoms with van der Waals surface area (Å²) in [6, 6.07) is 0. The highest BCUT2D eigenvalue weighted by atomic mass is 16.7. The molecule has 1 aliphatic rings. The fourth-order valence-corrected chi connectivity index (χ4v) is 1.69. The summed E-state index contributed by atoms with van der Waals surface area (Å²) < 4.78 is 0. The second kappa shape index (κ2) is 5.98. The average molecular weight is 200 g/mol. The Morgan fingerprint density at radius 1 is 1.57 bits per heavy atom. The number of nitrogens with two attached hydrogens (primary N) is 1. The fourth-order valence-electron chi connectivity index (χ4n) is 1.69. The van der Waals surface area contributed by atoms with Gasteiger partial charge in [0.25, 0.3) is 0 Å². The van der Waals surface area contributed by atoms with Gasteiger partial charge in [-0.1, -0.05) is 19.8 Å². The number of carbonyl (C=O) groups is 1. The second-order valence-corrected chi connectivity index (χ2v) is 3.83. The smallest absolute Gasteiger partial charge is 0.247 e. The molecule has 1 amide bonds. The predicted octanol–water partition coefficient (Wildman–Crippen LogP) is 0.962. The molecule has 0 aromatic heterocycles. The molecule has 1 unspecified atom stereocenters. The van der Waals surface area contributed by atoms with Crippen LogP contribution in [0.3, 0.4) is 0 Å². The van der Waals surface area contributed by atoms with Crippen molar-refractivity contribution < 1.29 is 9.63 Å². The van der Waals surface area contributed by atoms with Gasteiger partial charge in [-0.05, 0) is 19.3 Å². The van der Waals surface area contributed by atoms with E-state index in [1.165, 1.54) is 12.8 Å². The average Bonchev–Trinajstić information content (AvgIpc) is 2.69. The fraction of sp³-hybridized carbons (Fsp3) is 0.900. The SMILES string of the molecule is CCC(CN)C(=O)NOC1CCCC1. The molecule has 0 radical (unpaired) electrons. The van der Waals surface area contributed by atoms with Gasteiger partial charge in [0.1, 0.15) is 0 Å². The van der Waals surface area contributed by atoms with Crippen molar-refractivity contribution in [3.8, 4) is 0 Å². The third-order valence-corrected chi connectivity index (χ3v) is 2.78. The van der Waals surface area contributed by atoms with Crippen molar-refractivity contribution in [2.24, 2.45) is 11.7 Å². The Kier molecular flexibility index (Phi) is 4.90. The van der Waals surface area contributed by atoms with Gasteiger partial charge in [-0.2, -0.15) is 0 Å². The Balaban J connectivity index is 2.18. The lowest BCUT2D eigenvalue weighted by Crippen LogP contribution is -2.36. The third kappa shape index (κ3) is 3.27. The van der Waals surface area contributed by atoms with E-state index in [0.717, 1.165) is 19.3 Å². The van der Waals surface area contributed by atoms with Crippen LogP contribution in [0.15, 0.2) is 0 Å². The highest BCUT2D eigenvalue weighted by Gasteiger charge is 2.19. The van der Waals surface area contributed by atoms with Gasteiger partial charge in [-0.25, -0.2) is 5.48 Å². The van der Waals surface area contributed by atoms with Gasteiger partial charge >= 0.3 is 0 Å². The quantitative estimate of drug-likeness (QED) is 0.650. The summed E-state index contributed by atoms with van der Waals surface area (Å²) in [5.74, 6) is -0.196. The van der Waals surface area contributed by atoms with Crippen LogP contribution in [0.4, 0.5) is 0 Å². The molecule has 1 aliphatic carbocycles. The van der Waals surface area contributed by atoms with Crippen molar-refractivity contribution in [1.82, 2.24) is 5.48 Å². The minimum Gasteiger partial charge on any atom is -0.330 e. The van der Waals surface area contributed by atoms with Crippen molar-refractivity contribution in [2.45, 2.75) is 45.1 Å². The van der Waals surface area contributed by atoms with Crippen molar-refractivity contribution in [3.63, 3.8) is 0 Å². The number of nitrogens with one attached hydrogen (secondary N) is 1. The number of carbonyl (C=O) groups excluding carboxylic acids is 1. The van der Waals surface area contributed by atoms with E-state index in [1.807, 2.05) is 6.92 Å². The van der Waals surface area contributed by atoms with Gasteiger partial charge in [-0.3, -0.25) is 9.63 Å². The molecule has 0 spiro atoms. The summed E-state index contributed by atoms with van der Waals surface area (Å²) in [5, 5.41) is 0. The van der Waals surface area contributed by atoms with Crippen LogP contribution in [0, 0.1) is 5.92 Å². The van der Waals surface area contributed by atoms with Gasteiger partial charge in [0.05, 0.1) is 12.0 Å². The van der Waals surface area contributed by atoms with E-state index in [1.54, 1.807) is 0 Å². The van der Waals surface area contributed by atoms with Gasteiger partial charge in [0, 0.05) is 6.54 Å². The zero-order valence-corrected chi connectivity index (χ0v) is 8.79. The van der Waals surface area contributed by atoms with Crippen LogP contribution in [0.1, 0.15) is 39.0 Å². The number of hydroxylamine groups is 1. The molecule has 0 aromatic rings. The van der Waals surface area contributed by atoms with Crippen molar-refractivity contribution in [3.05, 3.63) is 0 Å². The molecule has 1 atom stereocenters. The van der Waals surface area contributed by atoms with E-state index >= 15 is 0 Å². The Morgan fingerprint density at radius 3 is 2.71 bits per heavy atom. The summed E-state index contributed by atoms with van der Waals surface area (Å²) in [5.41, 5.74) is 7.96. The number of hydrogen-bond donors (Lipinski definition) is 2. The van der Waals surface area contributed by atoms with Crippen molar-refractivity contribution >= 4 is 5.91 Å². The molecule has 4 nitrogen and oxygen atoms in total. The monoisotopic (exact) mass is 200 g/mol. The molecule has 4 heteroatoms. The third-order valence-electron chi connectivity index (χ3n) is 2.78. The summed E-state index contributed by atoms with van der Waals surface area (Å²) in [4.78, 5) is 16.7. The van der Waals surface area contributed by atoms with Crippen LogP contribution in [0.2, 0.25) is 0 Å². The van der Waals surface area contributed by atoms with Gasteiger partial charge in [0.2, 0.25) is 5.91 Å². The van der Waals surface area contributed by atoms with Gasteiger partial charge < -0.3 is 5.73 Å². The largest absolute Gasteiger partial charge is 0.330 e. The van der Waals surface area contributed by atoms with Crippen LogP contribution >= 0.6 is 0 Å². The first-order valence-corrected chi connectivity index (χ1v) is 5.43. The molecule has 1 fully saturated rings. The molecule has 82 valence electrons. The molecule has 0 heterocycles. The Morgan fingerprint density at radius 2 is 2.21 bits per heavy atom. The first kappa shape index (κ1) is 11.5. The minimum absolute atomic E-state index is 0.0816. The summed E-state index contributed by atoms with van der Waals surface area (Å²) in [7, 11) is 0. The molecule has 14 heavy (non-hydrogen) atoms.